The predicted octanol–water partition coefficient (Wildman–Crippen LogP) is 0.968. The minimum absolute atomic E-state index is 0.0634. The molecular formula is C18H19BrN6O3. The van der Waals surface area contributed by atoms with Crippen molar-refractivity contribution in [1.82, 2.24) is 14.1 Å². The van der Waals surface area contributed by atoms with Gasteiger partial charge >= 0.3 is 5.69 Å². The normalized spacial score (nSPS) is 14.6. The van der Waals surface area contributed by atoms with Gasteiger partial charge in [-0.2, -0.15) is 5.26 Å². The van der Waals surface area contributed by atoms with Gasteiger partial charge in [0.1, 0.15) is 17.7 Å². The van der Waals surface area contributed by atoms with Crippen LogP contribution in [0.2, 0.25) is 0 Å². The maximum absolute atomic E-state index is 12.5. The van der Waals surface area contributed by atoms with Crippen molar-refractivity contribution in [1.29, 1.82) is 5.26 Å². The third-order valence-electron chi connectivity index (χ3n) is 4.89. The van der Waals surface area contributed by atoms with Crippen LogP contribution in [0, 0.1) is 17.2 Å². The number of halogens is 1. The summed E-state index contributed by atoms with van der Waals surface area (Å²) in [6, 6.07) is 5.43. The maximum atomic E-state index is 12.5. The molecule has 0 aliphatic carbocycles. The predicted molar refractivity (Wildman–Crippen MR) is 107 cm³/mol. The molecule has 3 heterocycles. The first kappa shape index (κ1) is 19.8. The minimum Gasteiger partial charge on any atom is -0.357 e. The van der Waals surface area contributed by atoms with Crippen molar-refractivity contribution in [3.05, 3.63) is 49.2 Å². The summed E-state index contributed by atoms with van der Waals surface area (Å²) in [4.78, 5) is 43.0. The summed E-state index contributed by atoms with van der Waals surface area (Å²) in [5, 5.41) is 12.2. The highest BCUT2D eigenvalue weighted by Crippen LogP contribution is 2.24. The molecule has 28 heavy (non-hydrogen) atoms. The number of nitrogens with one attached hydrogen (secondary N) is 1. The van der Waals surface area contributed by atoms with Crippen molar-refractivity contribution in [2.45, 2.75) is 12.8 Å². The van der Waals surface area contributed by atoms with E-state index in [0.717, 1.165) is 9.04 Å². The summed E-state index contributed by atoms with van der Waals surface area (Å²) >= 11 is 3.30. The molecule has 9 nitrogen and oxygen atoms in total. The molecule has 146 valence electrons. The van der Waals surface area contributed by atoms with Crippen LogP contribution >= 0.6 is 15.9 Å². The van der Waals surface area contributed by atoms with Gasteiger partial charge in [-0.3, -0.25) is 18.7 Å². The van der Waals surface area contributed by atoms with E-state index >= 15 is 0 Å². The molecule has 2 aromatic heterocycles. The fraction of sp³-hybridized carbons (Fsp3) is 0.389. The van der Waals surface area contributed by atoms with Crippen LogP contribution in [-0.4, -0.2) is 33.1 Å². The third-order valence-corrected chi connectivity index (χ3v) is 5.36. The number of rotatable bonds is 3. The number of carbonyl (C=O) groups is 1. The highest BCUT2D eigenvalue weighted by molar-refractivity contribution is 9.10. The van der Waals surface area contributed by atoms with Crippen LogP contribution in [0.15, 0.2) is 32.4 Å². The Morgan fingerprint density at radius 2 is 1.93 bits per heavy atom. The number of amides is 1. The molecule has 1 aliphatic rings. The van der Waals surface area contributed by atoms with E-state index < -0.39 is 11.2 Å². The van der Waals surface area contributed by atoms with Gasteiger partial charge in [0.2, 0.25) is 5.91 Å². The lowest BCUT2D eigenvalue weighted by Crippen LogP contribution is -2.45. The first-order chi connectivity index (χ1) is 13.3. The van der Waals surface area contributed by atoms with Gasteiger partial charge in [-0.15, -0.1) is 0 Å². The summed E-state index contributed by atoms with van der Waals surface area (Å²) in [5.74, 6) is 0.462. The standard InChI is InChI=1S/C18H19BrN6O3/c1-23-16(13(9-20)17(27)24(2)18(23)28)25-7-5-11(6-8-25)15(26)22-14-4-3-12(19)10-21-14/h3-4,10-11H,5-8H2,1-2H3,(H,21,22,26). The van der Waals surface area contributed by atoms with Crippen molar-refractivity contribution < 1.29 is 4.79 Å². The summed E-state index contributed by atoms with van der Waals surface area (Å²) in [7, 11) is 2.89. The zero-order chi connectivity index (χ0) is 20.4. The average molecular weight is 447 g/mol. The molecule has 1 N–H and O–H groups in total. The molecule has 1 fully saturated rings. The number of nitriles is 1. The Bertz CT molecular complexity index is 1060. The molecule has 1 saturated heterocycles. The molecule has 0 bridgehead atoms. The monoisotopic (exact) mass is 446 g/mol. The number of piperidine rings is 1. The lowest BCUT2D eigenvalue weighted by Gasteiger charge is -2.34. The Morgan fingerprint density at radius 1 is 1.25 bits per heavy atom. The zero-order valence-corrected chi connectivity index (χ0v) is 17.1. The number of aromatic nitrogens is 3. The SMILES string of the molecule is Cn1c(N2CCC(C(=O)Nc3ccc(Br)cn3)CC2)c(C#N)c(=O)n(C)c1=O. The van der Waals surface area contributed by atoms with E-state index in [4.69, 9.17) is 0 Å². The second-order valence-corrected chi connectivity index (χ2v) is 7.54. The van der Waals surface area contributed by atoms with Crippen LogP contribution in [0.1, 0.15) is 18.4 Å². The molecule has 0 spiro atoms. The van der Waals surface area contributed by atoms with Gasteiger partial charge in [-0.25, -0.2) is 9.78 Å². The van der Waals surface area contributed by atoms with Crippen LogP contribution in [0.4, 0.5) is 11.6 Å². The fourth-order valence-corrected chi connectivity index (χ4v) is 3.57. The van der Waals surface area contributed by atoms with Crippen LogP contribution in [0.25, 0.3) is 0 Å². The van der Waals surface area contributed by atoms with Gasteiger partial charge in [-0.05, 0) is 40.9 Å². The summed E-state index contributed by atoms with van der Waals surface area (Å²) in [6.07, 6.45) is 2.69. The molecule has 2 aromatic rings. The number of nitrogens with zero attached hydrogens (tertiary/aromatic N) is 5. The number of anilines is 2. The Hall–Kier alpha value is -2.93. The van der Waals surface area contributed by atoms with E-state index in [9.17, 15) is 19.6 Å². The molecule has 1 amide bonds. The lowest BCUT2D eigenvalue weighted by molar-refractivity contribution is -0.120. The summed E-state index contributed by atoms with van der Waals surface area (Å²) < 4.78 is 3.06. The van der Waals surface area contributed by atoms with Crippen LogP contribution < -0.4 is 21.5 Å². The van der Waals surface area contributed by atoms with Crippen molar-refractivity contribution >= 4 is 33.5 Å². The molecule has 0 aromatic carbocycles. The number of pyridine rings is 1. The largest absolute Gasteiger partial charge is 0.357 e. The number of carbonyl (C=O) groups excluding carboxylic acids is 1. The van der Waals surface area contributed by atoms with Crippen molar-refractivity contribution in [3.8, 4) is 6.07 Å². The van der Waals surface area contributed by atoms with Gasteiger partial charge in [0.05, 0.1) is 0 Å². The molecule has 10 heteroatoms. The van der Waals surface area contributed by atoms with Crippen molar-refractivity contribution in [2.75, 3.05) is 23.3 Å². The summed E-state index contributed by atoms with van der Waals surface area (Å²) in [5.41, 5.74) is -1.16. The second kappa shape index (κ2) is 7.98. The Labute approximate surface area is 169 Å². The zero-order valence-electron chi connectivity index (χ0n) is 15.5. The molecule has 0 saturated carbocycles. The molecule has 3 rings (SSSR count). The van der Waals surface area contributed by atoms with Crippen molar-refractivity contribution in [2.24, 2.45) is 20.0 Å². The Balaban J connectivity index is 1.75. The van der Waals surface area contributed by atoms with Crippen LogP contribution in [0.5, 0.6) is 0 Å². The smallest absolute Gasteiger partial charge is 0.332 e. The number of hydrogen-bond acceptors (Lipinski definition) is 6. The Morgan fingerprint density at radius 3 is 2.50 bits per heavy atom. The fourth-order valence-electron chi connectivity index (χ4n) is 3.33. The van der Waals surface area contributed by atoms with E-state index in [0.29, 0.717) is 37.6 Å². The first-order valence-electron chi connectivity index (χ1n) is 8.71. The highest BCUT2D eigenvalue weighted by Gasteiger charge is 2.29. The molecule has 0 unspecified atom stereocenters. The summed E-state index contributed by atoms with van der Waals surface area (Å²) in [6.45, 7) is 0.919. The average Bonchev–Trinajstić information content (AvgIpc) is 2.70. The van der Waals surface area contributed by atoms with Gasteiger partial charge in [0, 0.05) is 43.8 Å². The first-order valence-corrected chi connectivity index (χ1v) is 9.50. The van der Waals surface area contributed by atoms with Gasteiger partial charge in [-0.1, -0.05) is 0 Å². The maximum Gasteiger partial charge on any atom is 0.332 e. The molecule has 0 atom stereocenters. The quantitative estimate of drug-likeness (QED) is 0.751. The van der Waals surface area contributed by atoms with Gasteiger partial charge in [0.25, 0.3) is 5.56 Å². The van der Waals surface area contributed by atoms with E-state index in [1.807, 2.05) is 11.0 Å². The molecule has 1 aliphatic heterocycles. The van der Waals surface area contributed by atoms with E-state index in [1.54, 1.807) is 18.3 Å². The highest BCUT2D eigenvalue weighted by atomic mass is 79.9. The van der Waals surface area contributed by atoms with E-state index in [2.05, 4.69) is 26.2 Å². The van der Waals surface area contributed by atoms with E-state index in [1.165, 1.54) is 18.7 Å². The molecular weight excluding hydrogens is 428 g/mol. The lowest BCUT2D eigenvalue weighted by atomic mass is 9.95. The van der Waals surface area contributed by atoms with E-state index in [-0.39, 0.29) is 17.4 Å². The Kier molecular flexibility index (Phi) is 5.65. The van der Waals surface area contributed by atoms with Gasteiger partial charge in [0.15, 0.2) is 5.56 Å². The van der Waals surface area contributed by atoms with Crippen LogP contribution in [-0.2, 0) is 18.9 Å². The topological polar surface area (TPSA) is 113 Å². The third kappa shape index (κ3) is 3.71. The second-order valence-electron chi connectivity index (χ2n) is 6.63. The number of hydrogen-bond donors (Lipinski definition) is 1. The minimum atomic E-state index is -0.609. The molecule has 0 radical (unpaired) electrons. The van der Waals surface area contributed by atoms with Gasteiger partial charge < -0.3 is 10.2 Å². The van der Waals surface area contributed by atoms with Crippen LogP contribution in [0.3, 0.4) is 0 Å². The van der Waals surface area contributed by atoms with Crippen molar-refractivity contribution in [3.63, 3.8) is 0 Å².